The summed E-state index contributed by atoms with van der Waals surface area (Å²) in [6, 6.07) is 7.14. The van der Waals surface area contributed by atoms with Gasteiger partial charge in [0.2, 0.25) is 5.88 Å². The molecule has 0 aromatic carbocycles. The van der Waals surface area contributed by atoms with Crippen LogP contribution in [0.3, 0.4) is 0 Å². The summed E-state index contributed by atoms with van der Waals surface area (Å²) in [5, 5.41) is 0. The maximum Gasteiger partial charge on any atom is 0.242 e. The second-order valence-electron chi connectivity index (χ2n) is 3.09. The van der Waals surface area contributed by atoms with Crippen molar-refractivity contribution in [2.75, 3.05) is 5.73 Å². The van der Waals surface area contributed by atoms with Gasteiger partial charge in [-0.3, -0.25) is 4.98 Å². The predicted molar refractivity (Wildman–Crippen MR) is 57.7 cm³/mol. The first-order valence-corrected chi connectivity index (χ1v) is 4.57. The Labute approximate surface area is 87.7 Å². The Kier molecular flexibility index (Phi) is 2.49. The average molecular weight is 201 g/mol. The van der Waals surface area contributed by atoms with Crippen molar-refractivity contribution in [2.45, 2.75) is 6.92 Å². The molecule has 76 valence electrons. The zero-order valence-electron chi connectivity index (χ0n) is 8.34. The molecule has 0 unspecified atom stereocenters. The average Bonchev–Trinajstić information content (AvgIpc) is 2.24. The first kappa shape index (κ1) is 9.45. The molecule has 2 aromatic heterocycles. The lowest BCUT2D eigenvalue weighted by molar-refractivity contribution is 0.459. The number of aryl methyl sites for hydroxylation is 1. The molecule has 15 heavy (non-hydrogen) atoms. The van der Waals surface area contributed by atoms with Crippen LogP contribution in [0, 0.1) is 6.92 Å². The number of hydrogen-bond donors (Lipinski definition) is 1. The van der Waals surface area contributed by atoms with Crippen LogP contribution in [0.5, 0.6) is 11.6 Å². The summed E-state index contributed by atoms with van der Waals surface area (Å²) in [6.07, 6.45) is 3.35. The van der Waals surface area contributed by atoms with Gasteiger partial charge in [0, 0.05) is 12.4 Å². The van der Waals surface area contributed by atoms with Crippen LogP contribution in [0.15, 0.2) is 36.7 Å². The lowest BCUT2D eigenvalue weighted by atomic mass is 10.3. The highest BCUT2D eigenvalue weighted by molar-refractivity contribution is 5.49. The summed E-state index contributed by atoms with van der Waals surface area (Å²) in [6.45, 7) is 1.87. The molecule has 2 N–H and O–H groups in total. The molecule has 0 bridgehead atoms. The van der Waals surface area contributed by atoms with Gasteiger partial charge in [-0.05, 0) is 31.2 Å². The molecular weight excluding hydrogens is 190 g/mol. The van der Waals surface area contributed by atoms with E-state index in [0.717, 1.165) is 5.69 Å². The zero-order chi connectivity index (χ0) is 10.7. The quantitative estimate of drug-likeness (QED) is 0.808. The molecule has 2 heterocycles. The van der Waals surface area contributed by atoms with Gasteiger partial charge in [-0.1, -0.05) is 0 Å². The summed E-state index contributed by atoms with van der Waals surface area (Å²) in [5.74, 6) is 1.08. The zero-order valence-corrected chi connectivity index (χ0v) is 8.34. The number of nitrogens with two attached hydrogens (primary N) is 1. The van der Waals surface area contributed by atoms with Crippen LogP contribution >= 0.6 is 0 Å². The van der Waals surface area contributed by atoms with E-state index in [2.05, 4.69) is 9.97 Å². The van der Waals surface area contributed by atoms with Crippen LogP contribution < -0.4 is 10.5 Å². The van der Waals surface area contributed by atoms with Crippen LogP contribution in [0.4, 0.5) is 5.69 Å². The highest BCUT2D eigenvalue weighted by atomic mass is 16.5. The van der Waals surface area contributed by atoms with Crippen molar-refractivity contribution in [3.05, 3.63) is 42.4 Å². The molecule has 4 nitrogen and oxygen atoms in total. The van der Waals surface area contributed by atoms with Gasteiger partial charge in [-0.2, -0.15) is 0 Å². The largest absolute Gasteiger partial charge is 0.435 e. The van der Waals surface area contributed by atoms with Gasteiger partial charge in [-0.15, -0.1) is 0 Å². The van der Waals surface area contributed by atoms with Crippen molar-refractivity contribution < 1.29 is 4.74 Å². The lowest BCUT2D eigenvalue weighted by Gasteiger charge is -2.07. The van der Waals surface area contributed by atoms with Crippen molar-refractivity contribution in [1.82, 2.24) is 9.97 Å². The second kappa shape index (κ2) is 3.96. The van der Waals surface area contributed by atoms with Gasteiger partial charge in [-0.25, -0.2) is 4.98 Å². The Hall–Kier alpha value is -2.10. The Morgan fingerprint density at radius 1 is 1.13 bits per heavy atom. The summed E-state index contributed by atoms with van der Waals surface area (Å²) in [5.41, 5.74) is 7.03. The Bertz CT molecular complexity index is 427. The molecule has 0 saturated heterocycles. The predicted octanol–water partition coefficient (Wildman–Crippen LogP) is 2.16. The molecule has 0 fully saturated rings. The monoisotopic (exact) mass is 201 g/mol. The molecule has 0 radical (unpaired) electrons. The summed E-state index contributed by atoms with van der Waals surface area (Å²) in [7, 11) is 0. The number of aromatic nitrogens is 2. The SMILES string of the molecule is Cc1ncccc1Oc1ncccc1N. The van der Waals surface area contributed by atoms with Crippen molar-refractivity contribution in [1.29, 1.82) is 0 Å². The standard InChI is InChI=1S/C11H11N3O/c1-8-10(5-3-6-13-8)15-11-9(12)4-2-7-14-11/h2-7H,12H2,1H3. The third kappa shape index (κ3) is 2.04. The maximum atomic E-state index is 5.71. The van der Waals surface area contributed by atoms with E-state index < -0.39 is 0 Å². The number of ether oxygens (including phenoxy) is 1. The van der Waals surface area contributed by atoms with Crippen LogP contribution in [-0.2, 0) is 0 Å². The van der Waals surface area contributed by atoms with E-state index in [-0.39, 0.29) is 0 Å². The van der Waals surface area contributed by atoms with Crippen LogP contribution in [0.2, 0.25) is 0 Å². The van der Waals surface area contributed by atoms with E-state index in [4.69, 9.17) is 10.5 Å². The van der Waals surface area contributed by atoms with Crippen LogP contribution in [-0.4, -0.2) is 9.97 Å². The molecule has 0 saturated carbocycles. The van der Waals surface area contributed by atoms with Crippen LogP contribution in [0.1, 0.15) is 5.69 Å². The normalized spacial score (nSPS) is 9.93. The number of nitrogens with zero attached hydrogens (tertiary/aromatic N) is 2. The molecule has 0 aliphatic heterocycles. The molecule has 4 heteroatoms. The Morgan fingerprint density at radius 3 is 2.60 bits per heavy atom. The third-order valence-electron chi connectivity index (χ3n) is 1.97. The lowest BCUT2D eigenvalue weighted by Crippen LogP contribution is -1.96. The fourth-order valence-corrected chi connectivity index (χ4v) is 1.17. The minimum absolute atomic E-state index is 0.411. The van der Waals surface area contributed by atoms with Gasteiger partial charge < -0.3 is 10.5 Å². The number of nitrogen functional groups attached to an aromatic ring is 1. The molecule has 2 aromatic rings. The van der Waals surface area contributed by atoms with Crippen molar-refractivity contribution in [3.63, 3.8) is 0 Å². The van der Waals surface area contributed by atoms with E-state index in [1.165, 1.54) is 0 Å². The second-order valence-corrected chi connectivity index (χ2v) is 3.09. The fourth-order valence-electron chi connectivity index (χ4n) is 1.17. The van der Waals surface area contributed by atoms with Crippen molar-refractivity contribution >= 4 is 5.69 Å². The van der Waals surface area contributed by atoms with E-state index in [0.29, 0.717) is 17.3 Å². The minimum Gasteiger partial charge on any atom is -0.435 e. The summed E-state index contributed by atoms with van der Waals surface area (Å²) >= 11 is 0. The fraction of sp³-hybridized carbons (Fsp3) is 0.0909. The minimum atomic E-state index is 0.411. The molecule has 0 atom stereocenters. The molecule has 2 rings (SSSR count). The summed E-state index contributed by atoms with van der Waals surface area (Å²) < 4.78 is 5.54. The number of pyridine rings is 2. The van der Waals surface area contributed by atoms with Gasteiger partial charge in [0.15, 0.2) is 5.75 Å². The van der Waals surface area contributed by atoms with Crippen molar-refractivity contribution in [3.8, 4) is 11.6 Å². The van der Waals surface area contributed by atoms with Gasteiger partial charge >= 0.3 is 0 Å². The number of rotatable bonds is 2. The molecule has 0 aliphatic rings. The van der Waals surface area contributed by atoms with Gasteiger partial charge in [0.1, 0.15) is 0 Å². The Morgan fingerprint density at radius 2 is 1.87 bits per heavy atom. The smallest absolute Gasteiger partial charge is 0.242 e. The number of hydrogen-bond acceptors (Lipinski definition) is 4. The third-order valence-corrected chi connectivity index (χ3v) is 1.97. The summed E-state index contributed by atoms with van der Waals surface area (Å²) in [4.78, 5) is 8.15. The van der Waals surface area contributed by atoms with E-state index >= 15 is 0 Å². The molecule has 0 amide bonds. The Balaban J connectivity index is 2.30. The molecule has 0 spiro atoms. The molecular formula is C11H11N3O. The van der Waals surface area contributed by atoms with Gasteiger partial charge in [0.05, 0.1) is 11.4 Å². The maximum absolute atomic E-state index is 5.71. The van der Waals surface area contributed by atoms with E-state index in [1.807, 2.05) is 19.1 Å². The first-order chi connectivity index (χ1) is 7.27. The van der Waals surface area contributed by atoms with E-state index in [1.54, 1.807) is 24.5 Å². The first-order valence-electron chi connectivity index (χ1n) is 4.57. The van der Waals surface area contributed by atoms with E-state index in [9.17, 15) is 0 Å². The van der Waals surface area contributed by atoms with Crippen molar-refractivity contribution in [2.24, 2.45) is 0 Å². The number of anilines is 1. The highest BCUT2D eigenvalue weighted by Gasteiger charge is 2.04. The molecule has 0 aliphatic carbocycles. The highest BCUT2D eigenvalue weighted by Crippen LogP contribution is 2.25. The van der Waals surface area contributed by atoms with Crippen LogP contribution in [0.25, 0.3) is 0 Å². The topological polar surface area (TPSA) is 61.0 Å². The van der Waals surface area contributed by atoms with Gasteiger partial charge in [0.25, 0.3) is 0 Å².